The molecule has 0 heterocycles. The fourth-order valence-electron chi connectivity index (χ4n) is 3.61. The summed E-state index contributed by atoms with van der Waals surface area (Å²) in [5, 5.41) is 0. The lowest BCUT2D eigenvalue weighted by Crippen LogP contribution is -2.37. The molecule has 2 nitrogen and oxygen atoms in total. The molecule has 0 atom stereocenters. The summed E-state index contributed by atoms with van der Waals surface area (Å²) in [4.78, 5) is 2.69. The van der Waals surface area contributed by atoms with Crippen LogP contribution < -0.4 is 5.73 Å². The number of hydrogen-bond donors (Lipinski definition) is 1. The van der Waals surface area contributed by atoms with Crippen LogP contribution in [0.3, 0.4) is 0 Å². The van der Waals surface area contributed by atoms with Gasteiger partial charge in [-0.2, -0.15) is 0 Å². The van der Waals surface area contributed by atoms with E-state index in [-0.39, 0.29) is 0 Å². The van der Waals surface area contributed by atoms with E-state index in [2.05, 4.69) is 47.4 Å². The molecule has 0 unspecified atom stereocenters. The molecular weight excluding hydrogens is 280 g/mol. The van der Waals surface area contributed by atoms with Crippen molar-refractivity contribution in [2.45, 2.75) is 51.1 Å². The summed E-state index contributed by atoms with van der Waals surface area (Å²) in [6.45, 7) is 2.18. The summed E-state index contributed by atoms with van der Waals surface area (Å²) in [6, 6.07) is 20.0. The van der Waals surface area contributed by atoms with Gasteiger partial charge < -0.3 is 5.73 Å². The lowest BCUT2D eigenvalue weighted by Gasteiger charge is -2.34. The first-order chi connectivity index (χ1) is 11.3. The van der Waals surface area contributed by atoms with Crippen LogP contribution in [-0.2, 0) is 13.0 Å². The molecule has 2 heteroatoms. The average Bonchev–Trinajstić information content (AvgIpc) is 2.62. The SMILES string of the molecule is Nc1ccc(CN(CCc2ccccc2)C2CCCCC2)cc1. The van der Waals surface area contributed by atoms with Crippen molar-refractivity contribution < 1.29 is 0 Å². The summed E-state index contributed by atoms with van der Waals surface area (Å²) >= 11 is 0. The van der Waals surface area contributed by atoms with Gasteiger partial charge in [0.25, 0.3) is 0 Å². The zero-order valence-corrected chi connectivity index (χ0v) is 14.0. The molecule has 1 aliphatic rings. The normalized spacial score (nSPS) is 15.9. The second-order valence-corrected chi connectivity index (χ2v) is 6.74. The molecule has 0 aliphatic heterocycles. The Bertz CT molecular complexity index is 571. The Morgan fingerprint density at radius 3 is 2.22 bits per heavy atom. The number of nitrogen functional groups attached to an aromatic ring is 1. The minimum Gasteiger partial charge on any atom is -0.399 e. The summed E-state index contributed by atoms with van der Waals surface area (Å²) in [6.07, 6.45) is 8.01. The van der Waals surface area contributed by atoms with E-state index < -0.39 is 0 Å². The van der Waals surface area contributed by atoms with Crippen LogP contribution in [0.25, 0.3) is 0 Å². The minimum atomic E-state index is 0.741. The van der Waals surface area contributed by atoms with Gasteiger partial charge in [0, 0.05) is 24.8 Å². The summed E-state index contributed by atoms with van der Waals surface area (Å²) in [7, 11) is 0. The molecule has 2 aromatic carbocycles. The van der Waals surface area contributed by atoms with Crippen molar-refractivity contribution in [3.63, 3.8) is 0 Å². The van der Waals surface area contributed by atoms with Crippen LogP contribution in [0.15, 0.2) is 54.6 Å². The molecule has 1 saturated carbocycles. The zero-order chi connectivity index (χ0) is 15.9. The van der Waals surface area contributed by atoms with E-state index in [1.807, 2.05) is 12.1 Å². The first-order valence-electron chi connectivity index (χ1n) is 8.93. The smallest absolute Gasteiger partial charge is 0.0314 e. The summed E-state index contributed by atoms with van der Waals surface area (Å²) in [5.41, 5.74) is 9.48. The largest absolute Gasteiger partial charge is 0.399 e. The topological polar surface area (TPSA) is 29.3 Å². The van der Waals surface area contributed by atoms with Crippen molar-refractivity contribution in [1.82, 2.24) is 4.90 Å². The van der Waals surface area contributed by atoms with Gasteiger partial charge in [0.05, 0.1) is 0 Å². The first kappa shape index (κ1) is 16.1. The van der Waals surface area contributed by atoms with E-state index >= 15 is 0 Å². The molecule has 1 aliphatic carbocycles. The molecule has 3 rings (SSSR count). The van der Waals surface area contributed by atoms with Crippen LogP contribution in [0.5, 0.6) is 0 Å². The van der Waals surface area contributed by atoms with Gasteiger partial charge in [-0.1, -0.05) is 61.7 Å². The van der Waals surface area contributed by atoms with E-state index in [0.29, 0.717) is 0 Å². The number of hydrogen-bond acceptors (Lipinski definition) is 2. The van der Waals surface area contributed by atoms with Crippen LogP contribution in [0, 0.1) is 0 Å². The van der Waals surface area contributed by atoms with Crippen LogP contribution in [0.1, 0.15) is 43.2 Å². The van der Waals surface area contributed by atoms with Crippen molar-refractivity contribution in [1.29, 1.82) is 0 Å². The van der Waals surface area contributed by atoms with Crippen molar-refractivity contribution in [3.05, 3.63) is 65.7 Å². The highest BCUT2D eigenvalue weighted by atomic mass is 15.1. The van der Waals surface area contributed by atoms with E-state index in [1.54, 1.807) is 0 Å². The van der Waals surface area contributed by atoms with Gasteiger partial charge in [0.15, 0.2) is 0 Å². The minimum absolute atomic E-state index is 0.741. The molecule has 0 spiro atoms. The van der Waals surface area contributed by atoms with Gasteiger partial charge in [-0.05, 0) is 42.5 Å². The Labute approximate surface area is 140 Å². The molecule has 0 amide bonds. The van der Waals surface area contributed by atoms with Crippen LogP contribution in [0.2, 0.25) is 0 Å². The maximum atomic E-state index is 5.82. The first-order valence-corrected chi connectivity index (χ1v) is 8.93. The Kier molecular flexibility index (Phi) is 5.71. The third-order valence-corrected chi connectivity index (χ3v) is 4.99. The van der Waals surface area contributed by atoms with Crippen molar-refractivity contribution in [2.75, 3.05) is 12.3 Å². The highest BCUT2D eigenvalue weighted by Crippen LogP contribution is 2.24. The van der Waals surface area contributed by atoms with E-state index in [1.165, 1.54) is 43.2 Å². The molecule has 0 bridgehead atoms. The average molecular weight is 308 g/mol. The molecule has 2 aromatic rings. The fourth-order valence-corrected chi connectivity index (χ4v) is 3.61. The number of benzene rings is 2. The van der Waals surface area contributed by atoms with Crippen molar-refractivity contribution in [2.24, 2.45) is 0 Å². The predicted molar refractivity (Wildman–Crippen MR) is 98.3 cm³/mol. The zero-order valence-electron chi connectivity index (χ0n) is 14.0. The Balaban J connectivity index is 1.66. The highest BCUT2D eigenvalue weighted by molar-refractivity contribution is 5.39. The maximum absolute atomic E-state index is 5.82. The number of nitrogens with zero attached hydrogens (tertiary/aromatic N) is 1. The second-order valence-electron chi connectivity index (χ2n) is 6.74. The predicted octanol–water partition coefficient (Wildman–Crippen LogP) is 4.65. The van der Waals surface area contributed by atoms with Crippen molar-refractivity contribution in [3.8, 4) is 0 Å². The molecule has 1 fully saturated rings. The molecule has 0 saturated heterocycles. The fraction of sp³-hybridized carbons (Fsp3) is 0.429. The van der Waals surface area contributed by atoms with Crippen LogP contribution >= 0.6 is 0 Å². The maximum Gasteiger partial charge on any atom is 0.0314 e. The molecule has 0 radical (unpaired) electrons. The van der Waals surface area contributed by atoms with Gasteiger partial charge in [0.2, 0.25) is 0 Å². The molecule has 23 heavy (non-hydrogen) atoms. The quantitative estimate of drug-likeness (QED) is 0.787. The second kappa shape index (κ2) is 8.16. The molecule has 2 N–H and O–H groups in total. The Morgan fingerprint density at radius 1 is 0.826 bits per heavy atom. The number of rotatable bonds is 6. The third kappa shape index (κ3) is 4.84. The van der Waals surface area contributed by atoms with Gasteiger partial charge in [-0.15, -0.1) is 0 Å². The lowest BCUT2D eigenvalue weighted by atomic mass is 9.93. The van der Waals surface area contributed by atoms with E-state index in [4.69, 9.17) is 5.73 Å². The Morgan fingerprint density at radius 2 is 1.52 bits per heavy atom. The lowest BCUT2D eigenvalue weighted by molar-refractivity contribution is 0.149. The van der Waals surface area contributed by atoms with E-state index in [0.717, 1.165) is 31.2 Å². The molecule has 0 aromatic heterocycles. The van der Waals surface area contributed by atoms with Crippen LogP contribution in [-0.4, -0.2) is 17.5 Å². The van der Waals surface area contributed by atoms with Gasteiger partial charge in [-0.25, -0.2) is 0 Å². The molecular formula is C21H28N2. The van der Waals surface area contributed by atoms with Gasteiger partial charge >= 0.3 is 0 Å². The number of anilines is 1. The Hall–Kier alpha value is -1.80. The standard InChI is InChI=1S/C21H28N2/c22-20-13-11-19(12-14-20)17-23(21-9-5-2-6-10-21)16-15-18-7-3-1-4-8-18/h1,3-4,7-8,11-14,21H,2,5-6,9-10,15-17,22H2. The van der Waals surface area contributed by atoms with Crippen LogP contribution in [0.4, 0.5) is 5.69 Å². The monoisotopic (exact) mass is 308 g/mol. The van der Waals surface area contributed by atoms with Gasteiger partial charge in [0.1, 0.15) is 0 Å². The summed E-state index contributed by atoms with van der Waals surface area (Å²) < 4.78 is 0. The third-order valence-electron chi connectivity index (χ3n) is 4.99. The van der Waals surface area contributed by atoms with Crippen molar-refractivity contribution >= 4 is 5.69 Å². The number of nitrogens with two attached hydrogens (primary N) is 1. The van der Waals surface area contributed by atoms with Gasteiger partial charge in [-0.3, -0.25) is 4.90 Å². The molecule has 122 valence electrons. The highest BCUT2D eigenvalue weighted by Gasteiger charge is 2.21. The van der Waals surface area contributed by atoms with E-state index in [9.17, 15) is 0 Å². The summed E-state index contributed by atoms with van der Waals surface area (Å²) in [5.74, 6) is 0.